The fourth-order valence-electron chi connectivity index (χ4n) is 2.30. The molecule has 8 heteroatoms. The molecule has 0 aliphatic heterocycles. The summed E-state index contributed by atoms with van der Waals surface area (Å²) in [5.74, 6) is -1.75. The fourth-order valence-corrected chi connectivity index (χ4v) is 3.34. The molecule has 0 bridgehead atoms. The number of nitrogens with one attached hydrogen (secondary N) is 2. The Labute approximate surface area is 141 Å². The number of anilines is 1. The van der Waals surface area contributed by atoms with E-state index in [-0.39, 0.29) is 11.4 Å². The molecule has 1 unspecified atom stereocenters. The van der Waals surface area contributed by atoms with Crippen molar-refractivity contribution in [3.05, 3.63) is 51.1 Å². The Bertz CT molecular complexity index is 1020. The van der Waals surface area contributed by atoms with Crippen LogP contribution >= 0.6 is 11.3 Å². The summed E-state index contributed by atoms with van der Waals surface area (Å²) in [4.78, 5) is 36.9. The Hall–Kier alpha value is -3.05. The average Bonchev–Trinajstić information content (AvgIpc) is 2.84. The first kappa shape index (κ1) is 15.8. The molecule has 3 rings (SSSR count). The fraction of sp³-hybridized carbons (Fsp3) is 0.188. The number of H-pyrrole nitrogens is 1. The third-order valence-corrected chi connectivity index (χ3v) is 4.75. The van der Waals surface area contributed by atoms with Crippen LogP contribution in [-0.4, -0.2) is 20.9 Å². The Morgan fingerprint density at radius 1 is 1.46 bits per heavy atom. The van der Waals surface area contributed by atoms with Crippen LogP contribution in [0.15, 0.2) is 29.3 Å². The highest BCUT2D eigenvalue weighted by atomic mass is 32.1. The number of thiophene rings is 1. The van der Waals surface area contributed by atoms with Gasteiger partial charge < -0.3 is 10.3 Å². The molecule has 0 aliphatic carbocycles. The summed E-state index contributed by atoms with van der Waals surface area (Å²) >= 11 is 1.37. The minimum absolute atomic E-state index is 0.0395. The van der Waals surface area contributed by atoms with Gasteiger partial charge in [-0.05, 0) is 31.5 Å². The molecule has 3 aromatic rings. The molecule has 7 nitrogen and oxygen atoms in total. The standard InChI is InChI=1S/C16H13N5O2S/c1-8-9(2)24-16-12(8)15(23)20-13(21-16)11(6-17)14(22)19-10-4-3-5-18-7-10/h3-5,7,11H,1-2H3,(H,19,22)(H,20,21,23). The first-order valence-electron chi connectivity index (χ1n) is 7.11. The third kappa shape index (κ3) is 2.77. The van der Waals surface area contributed by atoms with E-state index >= 15 is 0 Å². The molecular formula is C16H13N5O2S. The number of aromatic amines is 1. The Morgan fingerprint density at radius 3 is 2.92 bits per heavy atom. The molecule has 0 aliphatic rings. The lowest BCUT2D eigenvalue weighted by Crippen LogP contribution is -2.24. The maximum atomic E-state index is 12.3. The normalized spacial score (nSPS) is 11.9. The SMILES string of the molecule is Cc1sc2nc(C(C#N)C(=O)Nc3cccnc3)[nH]c(=O)c2c1C. The quantitative estimate of drug-likeness (QED) is 0.760. The molecule has 0 fully saturated rings. The summed E-state index contributed by atoms with van der Waals surface area (Å²) in [6.07, 6.45) is 3.05. The van der Waals surface area contributed by atoms with E-state index in [9.17, 15) is 14.9 Å². The summed E-state index contributed by atoms with van der Waals surface area (Å²) in [7, 11) is 0. The molecule has 1 amide bonds. The van der Waals surface area contributed by atoms with Crippen LogP contribution in [0.4, 0.5) is 5.69 Å². The number of aromatic nitrogens is 3. The number of nitriles is 1. The molecule has 0 saturated heterocycles. The van der Waals surface area contributed by atoms with Crippen molar-refractivity contribution in [2.75, 3.05) is 5.32 Å². The van der Waals surface area contributed by atoms with Gasteiger partial charge in [-0.2, -0.15) is 5.26 Å². The number of carbonyl (C=O) groups excluding carboxylic acids is 1. The van der Waals surface area contributed by atoms with Gasteiger partial charge in [0.15, 0.2) is 5.92 Å². The topological polar surface area (TPSA) is 112 Å². The highest BCUT2D eigenvalue weighted by Crippen LogP contribution is 2.26. The highest BCUT2D eigenvalue weighted by Gasteiger charge is 2.25. The highest BCUT2D eigenvalue weighted by molar-refractivity contribution is 7.18. The van der Waals surface area contributed by atoms with Crippen molar-refractivity contribution < 1.29 is 4.79 Å². The van der Waals surface area contributed by atoms with Gasteiger partial charge in [-0.15, -0.1) is 11.3 Å². The molecule has 3 heterocycles. The van der Waals surface area contributed by atoms with E-state index in [0.29, 0.717) is 15.9 Å². The van der Waals surface area contributed by atoms with Crippen LogP contribution in [0.5, 0.6) is 0 Å². The third-order valence-electron chi connectivity index (χ3n) is 3.65. The number of amides is 1. The van der Waals surface area contributed by atoms with Crippen LogP contribution < -0.4 is 10.9 Å². The van der Waals surface area contributed by atoms with E-state index in [1.807, 2.05) is 19.9 Å². The maximum Gasteiger partial charge on any atom is 0.259 e. The van der Waals surface area contributed by atoms with Crippen molar-refractivity contribution in [3.8, 4) is 6.07 Å². The molecule has 120 valence electrons. The first-order valence-corrected chi connectivity index (χ1v) is 7.93. The van der Waals surface area contributed by atoms with Crippen molar-refractivity contribution in [1.29, 1.82) is 5.26 Å². The van der Waals surface area contributed by atoms with Gasteiger partial charge >= 0.3 is 0 Å². The number of carbonyl (C=O) groups is 1. The Balaban J connectivity index is 1.99. The predicted octanol–water partition coefficient (Wildman–Crippen LogP) is 2.24. The van der Waals surface area contributed by atoms with Gasteiger partial charge in [-0.1, -0.05) is 0 Å². The molecular weight excluding hydrogens is 326 g/mol. The molecule has 2 N–H and O–H groups in total. The van der Waals surface area contributed by atoms with Crippen LogP contribution in [0.1, 0.15) is 22.2 Å². The summed E-state index contributed by atoms with van der Waals surface area (Å²) in [5.41, 5.74) is 0.990. The van der Waals surface area contributed by atoms with Crippen LogP contribution in [0, 0.1) is 25.2 Å². The minimum atomic E-state index is -1.22. The second kappa shape index (κ2) is 6.22. The van der Waals surface area contributed by atoms with E-state index in [1.54, 1.807) is 18.3 Å². The molecule has 24 heavy (non-hydrogen) atoms. The minimum Gasteiger partial charge on any atom is -0.323 e. The van der Waals surface area contributed by atoms with Gasteiger partial charge in [0.05, 0.1) is 23.3 Å². The predicted molar refractivity (Wildman–Crippen MR) is 90.9 cm³/mol. The van der Waals surface area contributed by atoms with E-state index in [0.717, 1.165) is 10.4 Å². The number of hydrogen-bond donors (Lipinski definition) is 2. The molecule has 3 aromatic heterocycles. The second-order valence-corrected chi connectivity index (χ2v) is 6.41. The van der Waals surface area contributed by atoms with Gasteiger partial charge in [0.25, 0.3) is 5.56 Å². The lowest BCUT2D eigenvalue weighted by molar-refractivity contribution is -0.116. The van der Waals surface area contributed by atoms with Gasteiger partial charge in [0.2, 0.25) is 5.91 Å². The summed E-state index contributed by atoms with van der Waals surface area (Å²) in [6, 6.07) is 5.22. The van der Waals surface area contributed by atoms with Crippen molar-refractivity contribution in [2.24, 2.45) is 0 Å². The number of pyridine rings is 1. The number of aryl methyl sites for hydroxylation is 2. The number of rotatable bonds is 3. The molecule has 0 aromatic carbocycles. The monoisotopic (exact) mass is 339 g/mol. The first-order chi connectivity index (χ1) is 11.5. The number of fused-ring (bicyclic) bond motifs is 1. The number of nitrogens with zero attached hydrogens (tertiary/aromatic N) is 3. The van der Waals surface area contributed by atoms with Gasteiger partial charge in [0, 0.05) is 11.1 Å². The van der Waals surface area contributed by atoms with Gasteiger partial charge in [-0.3, -0.25) is 14.6 Å². The van der Waals surface area contributed by atoms with E-state index < -0.39 is 11.8 Å². The largest absolute Gasteiger partial charge is 0.323 e. The van der Waals surface area contributed by atoms with Crippen molar-refractivity contribution in [3.63, 3.8) is 0 Å². The van der Waals surface area contributed by atoms with Crippen LogP contribution in [0.3, 0.4) is 0 Å². The Morgan fingerprint density at radius 2 is 2.25 bits per heavy atom. The van der Waals surface area contributed by atoms with Crippen molar-refractivity contribution >= 4 is 33.1 Å². The van der Waals surface area contributed by atoms with Crippen LogP contribution in [-0.2, 0) is 4.79 Å². The number of hydrogen-bond acceptors (Lipinski definition) is 6. The lowest BCUT2D eigenvalue weighted by Gasteiger charge is -2.09. The zero-order valence-electron chi connectivity index (χ0n) is 13.0. The second-order valence-electron chi connectivity index (χ2n) is 5.21. The summed E-state index contributed by atoms with van der Waals surface area (Å²) in [6.45, 7) is 3.75. The van der Waals surface area contributed by atoms with E-state index in [1.165, 1.54) is 17.5 Å². The zero-order valence-corrected chi connectivity index (χ0v) is 13.8. The zero-order chi connectivity index (χ0) is 17.3. The molecule has 0 spiro atoms. The van der Waals surface area contributed by atoms with Crippen LogP contribution in [0.25, 0.3) is 10.2 Å². The van der Waals surface area contributed by atoms with E-state index in [2.05, 4.69) is 20.3 Å². The van der Waals surface area contributed by atoms with Crippen LogP contribution in [0.2, 0.25) is 0 Å². The smallest absolute Gasteiger partial charge is 0.259 e. The lowest BCUT2D eigenvalue weighted by atomic mass is 10.1. The van der Waals surface area contributed by atoms with Gasteiger partial charge in [-0.25, -0.2) is 4.98 Å². The van der Waals surface area contributed by atoms with Crippen molar-refractivity contribution in [1.82, 2.24) is 15.0 Å². The van der Waals surface area contributed by atoms with E-state index in [4.69, 9.17) is 0 Å². The Kier molecular flexibility index (Phi) is 4.10. The molecule has 0 saturated carbocycles. The summed E-state index contributed by atoms with van der Waals surface area (Å²) < 4.78 is 0. The van der Waals surface area contributed by atoms with Crippen molar-refractivity contribution in [2.45, 2.75) is 19.8 Å². The molecule has 0 radical (unpaired) electrons. The average molecular weight is 339 g/mol. The summed E-state index contributed by atoms with van der Waals surface area (Å²) in [5, 5.41) is 12.5. The van der Waals surface area contributed by atoms with Gasteiger partial charge in [0.1, 0.15) is 10.7 Å². The molecule has 1 atom stereocenters. The maximum absolute atomic E-state index is 12.3.